The molecule has 1 aromatic carbocycles. The number of halogens is 1. The van der Waals surface area contributed by atoms with Crippen LogP contribution in [0.1, 0.15) is 24.1 Å². The molecule has 0 bridgehead atoms. The lowest BCUT2D eigenvalue weighted by atomic mass is 10.1. The maximum absolute atomic E-state index is 11.2. The average molecular weight is 248 g/mol. The third kappa shape index (κ3) is 3.81. The van der Waals surface area contributed by atoms with Gasteiger partial charge in [0.1, 0.15) is 5.21 Å². The maximum atomic E-state index is 11.2. The summed E-state index contributed by atoms with van der Waals surface area (Å²) in [6.07, 6.45) is 0. The van der Waals surface area contributed by atoms with Crippen LogP contribution in [-0.4, -0.2) is 13.6 Å². The SMILES string of the molecule is Cc1cccc([C@H](C)NS(=O)(=O)CCl)c1. The lowest BCUT2D eigenvalue weighted by molar-refractivity contribution is 0.571. The molecule has 0 aliphatic rings. The van der Waals surface area contributed by atoms with Crippen molar-refractivity contribution in [3.8, 4) is 0 Å². The van der Waals surface area contributed by atoms with Crippen LogP contribution in [0, 0.1) is 6.92 Å². The van der Waals surface area contributed by atoms with Crippen LogP contribution >= 0.6 is 11.6 Å². The molecule has 0 fully saturated rings. The zero-order valence-electron chi connectivity index (χ0n) is 8.70. The summed E-state index contributed by atoms with van der Waals surface area (Å²) in [6, 6.07) is 7.44. The van der Waals surface area contributed by atoms with Crippen molar-refractivity contribution in [2.45, 2.75) is 19.9 Å². The van der Waals surface area contributed by atoms with Gasteiger partial charge in [-0.25, -0.2) is 13.1 Å². The molecule has 0 saturated heterocycles. The Kier molecular flexibility index (Phi) is 4.13. The van der Waals surface area contributed by atoms with Gasteiger partial charge in [-0.05, 0) is 19.4 Å². The molecule has 5 heteroatoms. The first kappa shape index (κ1) is 12.5. The van der Waals surface area contributed by atoms with Crippen molar-refractivity contribution in [1.82, 2.24) is 4.72 Å². The third-order valence-electron chi connectivity index (χ3n) is 2.04. The van der Waals surface area contributed by atoms with E-state index in [1.54, 1.807) is 6.92 Å². The molecule has 0 radical (unpaired) electrons. The van der Waals surface area contributed by atoms with Crippen molar-refractivity contribution < 1.29 is 8.42 Å². The van der Waals surface area contributed by atoms with E-state index in [1.807, 2.05) is 31.2 Å². The van der Waals surface area contributed by atoms with E-state index in [0.29, 0.717) is 0 Å². The highest BCUT2D eigenvalue weighted by molar-refractivity contribution is 7.90. The number of nitrogens with one attached hydrogen (secondary N) is 1. The van der Waals surface area contributed by atoms with Gasteiger partial charge in [0.05, 0.1) is 0 Å². The first-order valence-corrected chi connectivity index (χ1v) is 6.76. The summed E-state index contributed by atoms with van der Waals surface area (Å²) in [5.74, 6) is 0. The summed E-state index contributed by atoms with van der Waals surface area (Å²) in [4.78, 5) is 0. The van der Waals surface area contributed by atoms with Crippen LogP contribution in [-0.2, 0) is 10.0 Å². The van der Waals surface area contributed by atoms with Crippen molar-refractivity contribution in [2.75, 3.05) is 5.21 Å². The van der Waals surface area contributed by atoms with Crippen molar-refractivity contribution in [3.05, 3.63) is 35.4 Å². The van der Waals surface area contributed by atoms with Gasteiger partial charge in [0.25, 0.3) is 0 Å². The highest BCUT2D eigenvalue weighted by Crippen LogP contribution is 2.14. The minimum atomic E-state index is -3.36. The van der Waals surface area contributed by atoms with Crippen LogP contribution < -0.4 is 4.72 Å². The molecular formula is C10H14ClNO2S. The van der Waals surface area contributed by atoms with Gasteiger partial charge >= 0.3 is 0 Å². The molecule has 0 heterocycles. The molecule has 0 aliphatic carbocycles. The average Bonchev–Trinajstić information content (AvgIpc) is 2.17. The van der Waals surface area contributed by atoms with Gasteiger partial charge in [0.2, 0.25) is 10.0 Å². The number of benzene rings is 1. The second kappa shape index (κ2) is 4.96. The van der Waals surface area contributed by atoms with Gasteiger partial charge in [0.15, 0.2) is 0 Å². The molecule has 0 aromatic heterocycles. The van der Waals surface area contributed by atoms with Gasteiger partial charge in [-0.15, -0.1) is 11.6 Å². The molecule has 15 heavy (non-hydrogen) atoms. The number of hydrogen-bond donors (Lipinski definition) is 1. The highest BCUT2D eigenvalue weighted by atomic mass is 35.5. The van der Waals surface area contributed by atoms with Gasteiger partial charge in [-0.2, -0.15) is 0 Å². The fourth-order valence-electron chi connectivity index (χ4n) is 1.31. The summed E-state index contributed by atoms with van der Waals surface area (Å²) in [6.45, 7) is 3.76. The summed E-state index contributed by atoms with van der Waals surface area (Å²) in [5, 5.41) is -0.414. The predicted octanol–water partition coefficient (Wildman–Crippen LogP) is 2.17. The van der Waals surface area contributed by atoms with Crippen molar-refractivity contribution in [2.24, 2.45) is 0 Å². The fourth-order valence-corrected chi connectivity index (χ4v) is 2.24. The quantitative estimate of drug-likeness (QED) is 0.829. The molecule has 0 aliphatic heterocycles. The van der Waals surface area contributed by atoms with Crippen LogP contribution in [0.3, 0.4) is 0 Å². The van der Waals surface area contributed by atoms with Gasteiger partial charge in [0, 0.05) is 6.04 Å². The Morgan fingerprint density at radius 2 is 2.13 bits per heavy atom. The van der Waals surface area contributed by atoms with Crippen molar-refractivity contribution >= 4 is 21.6 Å². The molecule has 0 amide bonds. The Balaban J connectivity index is 2.82. The molecule has 1 rings (SSSR count). The second-order valence-electron chi connectivity index (χ2n) is 3.48. The third-order valence-corrected chi connectivity index (χ3v) is 3.90. The lowest BCUT2D eigenvalue weighted by Crippen LogP contribution is -2.27. The van der Waals surface area contributed by atoms with E-state index in [1.165, 1.54) is 0 Å². The molecule has 84 valence electrons. The fraction of sp³-hybridized carbons (Fsp3) is 0.400. The van der Waals surface area contributed by atoms with E-state index in [2.05, 4.69) is 4.72 Å². The Morgan fingerprint density at radius 1 is 1.47 bits per heavy atom. The number of hydrogen-bond acceptors (Lipinski definition) is 2. The van der Waals surface area contributed by atoms with E-state index >= 15 is 0 Å². The number of aryl methyl sites for hydroxylation is 1. The highest BCUT2D eigenvalue weighted by Gasteiger charge is 2.14. The largest absolute Gasteiger partial charge is 0.226 e. The summed E-state index contributed by atoms with van der Waals surface area (Å²) < 4.78 is 24.9. The Hall–Kier alpha value is -0.580. The minimum absolute atomic E-state index is 0.256. The van der Waals surface area contributed by atoms with E-state index in [4.69, 9.17) is 11.6 Å². The van der Waals surface area contributed by atoms with Crippen molar-refractivity contribution in [1.29, 1.82) is 0 Å². The number of alkyl halides is 1. The zero-order chi connectivity index (χ0) is 11.5. The topological polar surface area (TPSA) is 46.2 Å². The van der Waals surface area contributed by atoms with Gasteiger partial charge < -0.3 is 0 Å². The lowest BCUT2D eigenvalue weighted by Gasteiger charge is -2.13. The molecule has 3 nitrogen and oxygen atoms in total. The second-order valence-corrected chi connectivity index (χ2v) is 5.82. The number of rotatable bonds is 4. The molecule has 0 saturated carbocycles. The summed E-state index contributed by atoms with van der Waals surface area (Å²) >= 11 is 5.31. The summed E-state index contributed by atoms with van der Waals surface area (Å²) in [7, 11) is -3.36. The maximum Gasteiger partial charge on any atom is 0.226 e. The molecule has 1 aromatic rings. The first-order chi connectivity index (χ1) is 6.94. The van der Waals surface area contributed by atoms with E-state index in [-0.39, 0.29) is 6.04 Å². The molecule has 0 spiro atoms. The molecule has 1 atom stereocenters. The normalized spacial score (nSPS) is 13.8. The monoisotopic (exact) mass is 247 g/mol. The minimum Gasteiger partial charge on any atom is -0.211 e. The van der Waals surface area contributed by atoms with Crippen LogP contribution in [0.5, 0.6) is 0 Å². The van der Waals surface area contributed by atoms with Crippen LogP contribution in [0.15, 0.2) is 24.3 Å². The Morgan fingerprint density at radius 3 is 2.67 bits per heavy atom. The first-order valence-electron chi connectivity index (χ1n) is 4.57. The van der Waals surface area contributed by atoms with E-state index in [9.17, 15) is 8.42 Å². The van der Waals surface area contributed by atoms with Crippen LogP contribution in [0.2, 0.25) is 0 Å². The van der Waals surface area contributed by atoms with Crippen molar-refractivity contribution in [3.63, 3.8) is 0 Å². The Labute approximate surface area is 95.5 Å². The van der Waals surface area contributed by atoms with Crippen LogP contribution in [0.25, 0.3) is 0 Å². The standard InChI is InChI=1S/C10H14ClNO2S/c1-8-4-3-5-10(6-8)9(2)12-15(13,14)7-11/h3-6,9,12H,7H2,1-2H3/t9-/m0/s1. The summed E-state index contributed by atoms with van der Waals surface area (Å²) in [5.41, 5.74) is 2.04. The zero-order valence-corrected chi connectivity index (χ0v) is 10.3. The Bertz CT molecular complexity index is 431. The molecular weight excluding hydrogens is 234 g/mol. The molecule has 1 N–H and O–H groups in total. The predicted molar refractivity (Wildman–Crippen MR) is 62.4 cm³/mol. The van der Waals surface area contributed by atoms with E-state index in [0.717, 1.165) is 11.1 Å². The van der Waals surface area contributed by atoms with E-state index < -0.39 is 15.2 Å². The molecule has 0 unspecified atom stereocenters. The number of sulfonamides is 1. The van der Waals surface area contributed by atoms with Crippen LogP contribution in [0.4, 0.5) is 0 Å². The van der Waals surface area contributed by atoms with Gasteiger partial charge in [-0.1, -0.05) is 29.8 Å². The smallest absolute Gasteiger partial charge is 0.211 e. The van der Waals surface area contributed by atoms with Gasteiger partial charge in [-0.3, -0.25) is 0 Å².